The number of carbonyl (C=O) groups excluding carboxylic acids is 3. The van der Waals surface area contributed by atoms with Crippen LogP contribution >= 0.6 is 0 Å². The Morgan fingerprint density at radius 3 is 2.19 bits per heavy atom. The highest BCUT2D eigenvalue weighted by Gasteiger charge is 2.38. The van der Waals surface area contributed by atoms with Crippen molar-refractivity contribution < 1.29 is 23.2 Å². The molecule has 0 spiro atoms. The van der Waals surface area contributed by atoms with Crippen molar-refractivity contribution in [2.75, 3.05) is 15.5 Å². The summed E-state index contributed by atoms with van der Waals surface area (Å²) in [6.45, 7) is 0. The van der Waals surface area contributed by atoms with Gasteiger partial charge in [0.15, 0.2) is 0 Å². The van der Waals surface area contributed by atoms with Gasteiger partial charge in [-0.15, -0.1) is 0 Å². The third-order valence-corrected chi connectivity index (χ3v) is 4.85. The molecule has 1 aliphatic heterocycles. The molecule has 0 aromatic heterocycles. The Morgan fingerprint density at radius 2 is 1.52 bits per heavy atom. The summed E-state index contributed by atoms with van der Waals surface area (Å²) in [5.41, 5.74) is 1.39. The molecule has 1 unspecified atom stereocenters. The molecule has 3 amide bonds. The van der Waals surface area contributed by atoms with Gasteiger partial charge in [0.2, 0.25) is 11.8 Å². The van der Waals surface area contributed by atoms with Gasteiger partial charge < -0.3 is 10.6 Å². The van der Waals surface area contributed by atoms with Crippen LogP contribution in [-0.4, -0.2) is 23.8 Å². The van der Waals surface area contributed by atoms with Crippen LogP contribution < -0.4 is 15.5 Å². The summed E-state index contributed by atoms with van der Waals surface area (Å²) in [5.74, 6) is -2.53. The maximum absolute atomic E-state index is 13.3. The van der Waals surface area contributed by atoms with Crippen LogP contribution in [0.4, 0.5) is 25.8 Å². The summed E-state index contributed by atoms with van der Waals surface area (Å²) in [7, 11) is 0. The molecule has 1 aliphatic rings. The van der Waals surface area contributed by atoms with Crippen molar-refractivity contribution in [2.45, 2.75) is 12.5 Å². The normalized spacial score (nSPS) is 15.1. The topological polar surface area (TPSA) is 78.5 Å². The van der Waals surface area contributed by atoms with Gasteiger partial charge in [-0.25, -0.2) is 8.78 Å². The zero-order valence-corrected chi connectivity index (χ0v) is 16.1. The zero-order chi connectivity index (χ0) is 22.0. The van der Waals surface area contributed by atoms with Gasteiger partial charge in [-0.1, -0.05) is 12.1 Å². The fourth-order valence-corrected chi connectivity index (χ4v) is 3.38. The SMILES string of the molecule is O=C(CC1C(=O)Nc2ccccc2N1C(=O)c1ccc(F)cc1)Nc1ccc(F)cc1. The lowest BCUT2D eigenvalue weighted by molar-refractivity contribution is -0.122. The van der Waals surface area contributed by atoms with Crippen LogP contribution in [-0.2, 0) is 9.59 Å². The van der Waals surface area contributed by atoms with E-state index in [4.69, 9.17) is 0 Å². The predicted octanol–water partition coefficient (Wildman–Crippen LogP) is 3.96. The molecule has 0 bridgehead atoms. The molecule has 0 saturated carbocycles. The molecule has 0 aliphatic carbocycles. The molecule has 6 nitrogen and oxygen atoms in total. The molecule has 156 valence electrons. The van der Waals surface area contributed by atoms with Crippen molar-refractivity contribution in [2.24, 2.45) is 0 Å². The number of hydrogen-bond acceptors (Lipinski definition) is 3. The Balaban J connectivity index is 1.64. The van der Waals surface area contributed by atoms with Crippen LogP contribution in [0.5, 0.6) is 0 Å². The molecule has 1 atom stereocenters. The highest BCUT2D eigenvalue weighted by Crippen LogP contribution is 2.34. The third kappa shape index (κ3) is 4.28. The lowest BCUT2D eigenvalue weighted by atomic mass is 10.0. The number of benzene rings is 3. The molecule has 3 aromatic rings. The first kappa shape index (κ1) is 20.2. The van der Waals surface area contributed by atoms with E-state index in [1.165, 1.54) is 41.3 Å². The van der Waals surface area contributed by atoms with Gasteiger partial charge in [0.05, 0.1) is 17.8 Å². The van der Waals surface area contributed by atoms with Gasteiger partial charge in [-0.05, 0) is 60.7 Å². The number of para-hydroxylation sites is 2. The number of nitrogens with zero attached hydrogens (tertiary/aromatic N) is 1. The number of halogens is 2. The second-order valence-electron chi connectivity index (χ2n) is 6.96. The van der Waals surface area contributed by atoms with E-state index in [0.717, 1.165) is 12.1 Å². The predicted molar refractivity (Wildman–Crippen MR) is 112 cm³/mol. The van der Waals surface area contributed by atoms with Gasteiger partial charge in [-0.2, -0.15) is 0 Å². The van der Waals surface area contributed by atoms with Gasteiger partial charge in [0.1, 0.15) is 17.7 Å². The Hall–Kier alpha value is -4.07. The smallest absolute Gasteiger partial charge is 0.259 e. The van der Waals surface area contributed by atoms with E-state index >= 15 is 0 Å². The van der Waals surface area contributed by atoms with Crippen LogP contribution in [0.15, 0.2) is 72.8 Å². The minimum Gasteiger partial charge on any atom is -0.326 e. The van der Waals surface area contributed by atoms with E-state index in [9.17, 15) is 23.2 Å². The lowest BCUT2D eigenvalue weighted by Gasteiger charge is -2.36. The van der Waals surface area contributed by atoms with Gasteiger partial charge in [-0.3, -0.25) is 19.3 Å². The van der Waals surface area contributed by atoms with E-state index in [2.05, 4.69) is 10.6 Å². The summed E-state index contributed by atoms with van der Waals surface area (Å²) in [5, 5.41) is 5.30. The van der Waals surface area contributed by atoms with Gasteiger partial charge in [0, 0.05) is 11.3 Å². The Kier molecular flexibility index (Phi) is 5.44. The van der Waals surface area contributed by atoms with Gasteiger partial charge in [0.25, 0.3) is 5.91 Å². The summed E-state index contributed by atoms with van der Waals surface area (Å²) >= 11 is 0. The Morgan fingerprint density at radius 1 is 0.903 bits per heavy atom. The first-order valence-corrected chi connectivity index (χ1v) is 9.47. The van der Waals surface area contributed by atoms with Crippen molar-refractivity contribution in [1.29, 1.82) is 0 Å². The number of carbonyl (C=O) groups is 3. The highest BCUT2D eigenvalue weighted by molar-refractivity contribution is 6.17. The van der Waals surface area contributed by atoms with E-state index in [1.807, 2.05) is 0 Å². The average Bonchev–Trinajstić information content (AvgIpc) is 2.76. The fourth-order valence-electron chi connectivity index (χ4n) is 3.38. The van der Waals surface area contributed by atoms with Crippen LogP contribution in [0.1, 0.15) is 16.8 Å². The lowest BCUT2D eigenvalue weighted by Crippen LogP contribution is -2.52. The van der Waals surface area contributed by atoms with Crippen LogP contribution in [0.25, 0.3) is 0 Å². The summed E-state index contributed by atoms with van der Waals surface area (Å²) in [6.07, 6.45) is -0.329. The van der Waals surface area contributed by atoms with Crippen LogP contribution in [0, 0.1) is 11.6 Å². The van der Waals surface area contributed by atoms with E-state index < -0.39 is 35.4 Å². The largest absolute Gasteiger partial charge is 0.326 e. The fraction of sp³-hybridized carbons (Fsp3) is 0.0870. The number of fused-ring (bicyclic) bond motifs is 1. The zero-order valence-electron chi connectivity index (χ0n) is 16.1. The van der Waals surface area contributed by atoms with Crippen LogP contribution in [0.3, 0.4) is 0 Å². The summed E-state index contributed by atoms with van der Waals surface area (Å²) in [6, 6.07) is 15.7. The molecule has 0 radical (unpaired) electrons. The van der Waals surface area contributed by atoms with Crippen molar-refractivity contribution >= 4 is 34.8 Å². The molecule has 8 heteroatoms. The number of amides is 3. The molecule has 1 heterocycles. The Bertz CT molecular complexity index is 1150. The molecule has 3 aromatic carbocycles. The van der Waals surface area contributed by atoms with Crippen LogP contribution in [0.2, 0.25) is 0 Å². The minimum atomic E-state index is -1.13. The van der Waals surface area contributed by atoms with Crippen molar-refractivity contribution in [3.05, 3.63) is 90.0 Å². The minimum absolute atomic E-state index is 0.176. The third-order valence-electron chi connectivity index (χ3n) is 4.85. The second kappa shape index (κ2) is 8.35. The summed E-state index contributed by atoms with van der Waals surface area (Å²) in [4.78, 5) is 39.9. The molecular weight excluding hydrogens is 404 g/mol. The van der Waals surface area contributed by atoms with Crippen molar-refractivity contribution in [3.63, 3.8) is 0 Å². The van der Waals surface area contributed by atoms with Crippen molar-refractivity contribution in [1.82, 2.24) is 0 Å². The summed E-state index contributed by atoms with van der Waals surface area (Å²) < 4.78 is 26.4. The standard InChI is InChI=1S/C23H17F2N3O3/c24-15-7-5-14(6-8-15)23(31)28-19-4-2-1-3-18(19)27-22(30)20(28)13-21(29)26-17-11-9-16(25)10-12-17/h1-12,20H,13H2,(H,26,29)(H,27,30). The van der Waals surface area contributed by atoms with E-state index in [0.29, 0.717) is 17.1 Å². The van der Waals surface area contributed by atoms with Gasteiger partial charge >= 0.3 is 0 Å². The maximum Gasteiger partial charge on any atom is 0.259 e. The molecular formula is C23H17F2N3O3. The second-order valence-corrected chi connectivity index (χ2v) is 6.96. The van der Waals surface area contributed by atoms with E-state index in [-0.39, 0.29) is 12.0 Å². The highest BCUT2D eigenvalue weighted by atomic mass is 19.1. The Labute approximate surface area is 176 Å². The number of nitrogens with one attached hydrogen (secondary N) is 2. The molecule has 2 N–H and O–H groups in total. The monoisotopic (exact) mass is 421 g/mol. The number of hydrogen-bond donors (Lipinski definition) is 2. The number of anilines is 3. The molecule has 4 rings (SSSR count). The first-order chi connectivity index (χ1) is 14.9. The first-order valence-electron chi connectivity index (χ1n) is 9.47. The van der Waals surface area contributed by atoms with Crippen molar-refractivity contribution in [3.8, 4) is 0 Å². The average molecular weight is 421 g/mol. The maximum atomic E-state index is 13.3. The molecule has 31 heavy (non-hydrogen) atoms. The number of rotatable bonds is 4. The molecule has 0 saturated heterocycles. The van der Waals surface area contributed by atoms with E-state index in [1.54, 1.807) is 24.3 Å². The quantitative estimate of drug-likeness (QED) is 0.669. The molecule has 0 fully saturated rings.